The topological polar surface area (TPSA) is 101 Å². The van der Waals surface area contributed by atoms with E-state index in [1.54, 1.807) is 31.2 Å². The van der Waals surface area contributed by atoms with E-state index in [9.17, 15) is 9.59 Å². The van der Waals surface area contributed by atoms with Gasteiger partial charge in [0.25, 0.3) is 11.8 Å². The van der Waals surface area contributed by atoms with Gasteiger partial charge in [-0.15, -0.1) is 0 Å². The van der Waals surface area contributed by atoms with Crippen LogP contribution >= 0.6 is 11.6 Å². The van der Waals surface area contributed by atoms with E-state index in [4.69, 9.17) is 20.8 Å². The number of halogens is 1. The summed E-state index contributed by atoms with van der Waals surface area (Å²) in [5.41, 5.74) is 1.82. The molecule has 3 heterocycles. The van der Waals surface area contributed by atoms with Crippen molar-refractivity contribution in [2.45, 2.75) is 45.5 Å². The predicted octanol–water partition coefficient (Wildman–Crippen LogP) is 4.58. The molecule has 0 spiro atoms. The Morgan fingerprint density at radius 3 is 2.59 bits per heavy atom. The van der Waals surface area contributed by atoms with Crippen molar-refractivity contribution in [2.75, 3.05) is 4.90 Å². The minimum atomic E-state index is -0.897. The van der Waals surface area contributed by atoms with E-state index in [1.807, 2.05) is 38.1 Å². The van der Waals surface area contributed by atoms with E-state index in [0.29, 0.717) is 28.1 Å². The minimum absolute atomic E-state index is 0.0832. The van der Waals surface area contributed by atoms with Crippen molar-refractivity contribution in [3.63, 3.8) is 0 Å². The molecule has 1 saturated heterocycles. The lowest BCUT2D eigenvalue weighted by molar-refractivity contribution is -0.123. The summed E-state index contributed by atoms with van der Waals surface area (Å²) in [6.45, 7) is 5.91. The molecule has 174 valence electrons. The number of benzene rings is 2. The maximum Gasteiger partial charge on any atom is 0.263 e. The normalized spacial score (nSPS) is 19.4. The number of hydrogen-bond donors (Lipinski definition) is 0. The van der Waals surface area contributed by atoms with Crippen LogP contribution in [-0.4, -0.2) is 40.0 Å². The summed E-state index contributed by atoms with van der Waals surface area (Å²) in [5, 5.41) is 10.1. The van der Waals surface area contributed by atoms with E-state index in [1.165, 1.54) is 5.01 Å². The zero-order valence-corrected chi connectivity index (χ0v) is 19.6. The van der Waals surface area contributed by atoms with Crippen molar-refractivity contribution in [1.82, 2.24) is 9.99 Å². The van der Waals surface area contributed by atoms with E-state index >= 15 is 0 Å². The highest BCUT2D eigenvalue weighted by Gasteiger charge is 2.55. The molecule has 2 unspecified atom stereocenters. The lowest BCUT2D eigenvalue weighted by Gasteiger charge is -2.20. The van der Waals surface area contributed by atoms with Gasteiger partial charge >= 0.3 is 0 Å². The number of imide groups is 1. The number of ether oxygens (including phenoxy) is 1. The maximum atomic E-state index is 13.2. The lowest BCUT2D eigenvalue weighted by Crippen LogP contribution is -2.39. The summed E-state index contributed by atoms with van der Waals surface area (Å²) in [4.78, 5) is 31.8. The third kappa shape index (κ3) is 3.92. The second-order valence-electron chi connectivity index (χ2n) is 8.40. The van der Waals surface area contributed by atoms with Gasteiger partial charge in [0, 0.05) is 10.6 Å². The fourth-order valence-electron chi connectivity index (χ4n) is 4.02. The number of aromatic nitrogens is 1. The summed E-state index contributed by atoms with van der Waals surface area (Å²) >= 11 is 6.05. The Balaban J connectivity index is 1.35. The van der Waals surface area contributed by atoms with Crippen molar-refractivity contribution < 1.29 is 18.7 Å². The van der Waals surface area contributed by atoms with Crippen molar-refractivity contribution in [3.05, 3.63) is 65.0 Å². The monoisotopic (exact) mass is 479 g/mol. The van der Waals surface area contributed by atoms with Crippen LogP contribution in [0.1, 0.15) is 25.3 Å². The SMILES string of the molecule is Cc1oc(-c2ccc(OC(C)C)cc2)nc1CN1N=NC2C(=O)N(c3cccc(Cl)c3)C(=O)C21. The first-order valence-corrected chi connectivity index (χ1v) is 11.2. The third-order valence-electron chi connectivity index (χ3n) is 5.60. The Hall–Kier alpha value is -3.72. The fraction of sp³-hybridized carbons (Fsp3) is 0.292. The first kappa shape index (κ1) is 22.1. The average molecular weight is 480 g/mol. The Bertz CT molecular complexity index is 1290. The molecule has 2 atom stereocenters. The molecule has 9 nitrogen and oxygen atoms in total. The third-order valence-corrected chi connectivity index (χ3v) is 5.84. The Kier molecular flexibility index (Phi) is 5.57. The second kappa shape index (κ2) is 8.57. The largest absolute Gasteiger partial charge is 0.491 e. The number of rotatable bonds is 6. The maximum absolute atomic E-state index is 13.2. The fourth-order valence-corrected chi connectivity index (χ4v) is 4.21. The van der Waals surface area contributed by atoms with Gasteiger partial charge in [0.2, 0.25) is 5.89 Å². The summed E-state index contributed by atoms with van der Waals surface area (Å²) < 4.78 is 11.5. The van der Waals surface area contributed by atoms with E-state index < -0.39 is 23.9 Å². The molecule has 34 heavy (non-hydrogen) atoms. The van der Waals surface area contributed by atoms with Gasteiger partial charge in [-0.3, -0.25) is 14.6 Å². The zero-order chi connectivity index (χ0) is 24.0. The van der Waals surface area contributed by atoms with Crippen LogP contribution in [0.3, 0.4) is 0 Å². The number of aryl methyl sites for hydroxylation is 1. The lowest BCUT2D eigenvalue weighted by atomic mass is 10.1. The first-order valence-electron chi connectivity index (χ1n) is 10.9. The van der Waals surface area contributed by atoms with E-state index in [0.717, 1.165) is 16.2 Å². The number of nitrogens with zero attached hydrogens (tertiary/aromatic N) is 5. The van der Waals surface area contributed by atoms with Crippen LogP contribution in [-0.2, 0) is 16.1 Å². The molecule has 2 aliphatic rings. The molecular formula is C24H22ClN5O4. The number of oxazole rings is 1. The van der Waals surface area contributed by atoms with Gasteiger partial charge in [0.05, 0.1) is 18.3 Å². The molecule has 0 saturated carbocycles. The van der Waals surface area contributed by atoms with Crippen molar-refractivity contribution >= 4 is 29.1 Å². The number of carbonyl (C=O) groups is 2. The van der Waals surface area contributed by atoms with Gasteiger partial charge in [-0.05, 0) is 63.2 Å². The summed E-state index contributed by atoms with van der Waals surface area (Å²) in [6.07, 6.45) is 0.0832. The molecule has 10 heteroatoms. The smallest absolute Gasteiger partial charge is 0.263 e. The van der Waals surface area contributed by atoms with Gasteiger partial charge in [-0.2, -0.15) is 5.11 Å². The molecule has 2 aromatic carbocycles. The van der Waals surface area contributed by atoms with Crippen molar-refractivity contribution in [1.29, 1.82) is 0 Å². The predicted molar refractivity (Wildman–Crippen MR) is 124 cm³/mol. The number of fused-ring (bicyclic) bond motifs is 1. The highest BCUT2D eigenvalue weighted by Crippen LogP contribution is 2.34. The molecule has 0 N–H and O–H groups in total. The Morgan fingerprint density at radius 1 is 1.12 bits per heavy atom. The van der Waals surface area contributed by atoms with Gasteiger partial charge in [0.1, 0.15) is 17.2 Å². The van der Waals surface area contributed by atoms with Crippen LogP contribution in [0.2, 0.25) is 5.02 Å². The molecule has 2 aliphatic heterocycles. The van der Waals surface area contributed by atoms with Crippen molar-refractivity contribution in [2.24, 2.45) is 10.3 Å². The molecule has 0 aliphatic carbocycles. The number of anilines is 1. The van der Waals surface area contributed by atoms with Crippen LogP contribution in [0.25, 0.3) is 11.5 Å². The number of amides is 2. The Labute approximate surface area is 201 Å². The first-order chi connectivity index (χ1) is 16.3. The minimum Gasteiger partial charge on any atom is -0.491 e. The molecule has 5 rings (SSSR count). The molecule has 2 amide bonds. The van der Waals surface area contributed by atoms with Crippen LogP contribution < -0.4 is 9.64 Å². The molecule has 3 aromatic rings. The molecule has 0 bridgehead atoms. The van der Waals surface area contributed by atoms with E-state index in [2.05, 4.69) is 15.3 Å². The molecule has 0 radical (unpaired) electrons. The zero-order valence-electron chi connectivity index (χ0n) is 18.8. The van der Waals surface area contributed by atoms with Gasteiger partial charge in [-0.1, -0.05) is 22.9 Å². The van der Waals surface area contributed by atoms with Crippen LogP contribution in [0.5, 0.6) is 5.75 Å². The number of carbonyl (C=O) groups excluding carboxylic acids is 2. The highest BCUT2D eigenvalue weighted by molar-refractivity contribution is 6.31. The summed E-state index contributed by atoms with van der Waals surface area (Å²) in [6, 6.07) is 12.3. The van der Waals surface area contributed by atoms with Crippen molar-refractivity contribution in [3.8, 4) is 17.2 Å². The van der Waals surface area contributed by atoms with Gasteiger partial charge in [-0.25, -0.2) is 9.88 Å². The van der Waals surface area contributed by atoms with Crippen LogP contribution in [0, 0.1) is 6.92 Å². The molecular weight excluding hydrogens is 458 g/mol. The highest BCUT2D eigenvalue weighted by atomic mass is 35.5. The molecule has 1 aromatic heterocycles. The standard InChI is InChI=1S/C24H22ClN5O4/c1-13(2)33-18-9-7-15(8-10-18)22-26-19(14(3)34-22)12-29-21-20(27-28-29)23(31)30(24(21)32)17-6-4-5-16(25)11-17/h4-11,13,20-21H,12H2,1-3H3. The number of hydrogen-bond acceptors (Lipinski definition) is 8. The summed E-state index contributed by atoms with van der Waals surface area (Å²) in [7, 11) is 0. The van der Waals surface area contributed by atoms with Crippen LogP contribution in [0.4, 0.5) is 5.69 Å². The summed E-state index contributed by atoms with van der Waals surface area (Å²) in [5.74, 6) is 0.985. The van der Waals surface area contributed by atoms with Crippen LogP contribution in [0.15, 0.2) is 63.3 Å². The Morgan fingerprint density at radius 2 is 1.88 bits per heavy atom. The van der Waals surface area contributed by atoms with E-state index in [-0.39, 0.29) is 12.6 Å². The molecule has 1 fully saturated rings. The van der Waals surface area contributed by atoms with Gasteiger partial charge < -0.3 is 9.15 Å². The van der Waals surface area contributed by atoms with Gasteiger partial charge in [0.15, 0.2) is 12.1 Å². The average Bonchev–Trinajstić information content (AvgIpc) is 3.44. The second-order valence-corrected chi connectivity index (χ2v) is 8.83. The quantitative estimate of drug-likeness (QED) is 0.479.